The molecular weight excluding hydrogens is 438 g/mol. The molecule has 0 saturated heterocycles. The van der Waals surface area contributed by atoms with E-state index >= 15 is 0 Å². The fraction of sp³-hybridized carbons (Fsp3) is 0.200. The first kappa shape index (κ1) is 22.7. The van der Waals surface area contributed by atoms with Crippen molar-refractivity contribution in [3.8, 4) is 11.5 Å². The molecule has 0 saturated carbocycles. The summed E-state index contributed by atoms with van der Waals surface area (Å²) < 4.78 is 16.6. The van der Waals surface area contributed by atoms with Gasteiger partial charge in [-0.2, -0.15) is 0 Å². The highest BCUT2D eigenvalue weighted by atomic mass is 16.6. The van der Waals surface area contributed by atoms with Crippen LogP contribution in [0, 0.1) is 6.92 Å². The van der Waals surface area contributed by atoms with E-state index in [2.05, 4.69) is 6.08 Å². The van der Waals surface area contributed by atoms with Crippen LogP contribution in [0.3, 0.4) is 0 Å². The predicted octanol–water partition coefficient (Wildman–Crippen LogP) is 6.27. The Morgan fingerprint density at radius 2 is 1.66 bits per heavy atom. The van der Waals surface area contributed by atoms with Gasteiger partial charge in [0.05, 0.1) is 23.9 Å². The zero-order valence-corrected chi connectivity index (χ0v) is 19.9. The Kier molecular flexibility index (Phi) is 6.49. The van der Waals surface area contributed by atoms with Crippen molar-refractivity contribution in [2.75, 3.05) is 20.3 Å². The first-order valence-electron chi connectivity index (χ1n) is 11.8. The van der Waals surface area contributed by atoms with Crippen LogP contribution in [0.25, 0.3) is 22.6 Å². The molecule has 5 nitrogen and oxygen atoms in total. The highest BCUT2D eigenvalue weighted by molar-refractivity contribution is 6.07. The Hall–Kier alpha value is -4.12. The second kappa shape index (κ2) is 10.0. The molecule has 1 aromatic heterocycles. The Morgan fingerprint density at radius 3 is 2.43 bits per heavy atom. The summed E-state index contributed by atoms with van der Waals surface area (Å²) in [5, 5.41) is 0.821. The molecule has 0 amide bonds. The van der Waals surface area contributed by atoms with Gasteiger partial charge in [0.1, 0.15) is 24.7 Å². The highest BCUT2D eigenvalue weighted by Crippen LogP contribution is 2.38. The van der Waals surface area contributed by atoms with Crippen LogP contribution in [0.15, 0.2) is 72.8 Å². The smallest absolute Gasteiger partial charge is 0.339 e. The first-order chi connectivity index (χ1) is 17.1. The number of aryl methyl sites for hydroxylation is 1. The van der Waals surface area contributed by atoms with Crippen molar-refractivity contribution in [2.24, 2.45) is 0 Å². The Labute approximate surface area is 205 Å². The molecule has 0 bridgehead atoms. The summed E-state index contributed by atoms with van der Waals surface area (Å²) in [6.07, 6.45) is 3.71. The number of para-hydroxylation sites is 1. The van der Waals surface area contributed by atoms with Crippen molar-refractivity contribution in [1.82, 2.24) is 4.98 Å². The largest absolute Gasteiger partial charge is 0.497 e. The van der Waals surface area contributed by atoms with Crippen LogP contribution in [-0.4, -0.2) is 31.3 Å². The monoisotopic (exact) mass is 465 g/mol. The van der Waals surface area contributed by atoms with Crippen molar-refractivity contribution in [3.05, 3.63) is 101 Å². The van der Waals surface area contributed by atoms with Crippen molar-refractivity contribution >= 4 is 28.5 Å². The van der Waals surface area contributed by atoms with Crippen molar-refractivity contribution in [3.63, 3.8) is 0 Å². The van der Waals surface area contributed by atoms with Crippen LogP contribution >= 0.6 is 0 Å². The number of carbonyl (C=O) groups excluding carboxylic acids is 1. The average molecular weight is 466 g/mol. The summed E-state index contributed by atoms with van der Waals surface area (Å²) in [5.41, 5.74) is 6.59. The number of methoxy groups -OCH3 is 1. The normalized spacial score (nSPS) is 13.6. The Balaban J connectivity index is 1.39. The minimum absolute atomic E-state index is 0.173. The van der Waals surface area contributed by atoms with Crippen LogP contribution < -0.4 is 9.47 Å². The Morgan fingerprint density at radius 1 is 0.914 bits per heavy atom. The number of pyridine rings is 1. The first-order valence-corrected chi connectivity index (χ1v) is 11.8. The third-order valence-electron chi connectivity index (χ3n) is 6.21. The predicted molar refractivity (Wildman–Crippen MR) is 138 cm³/mol. The van der Waals surface area contributed by atoms with Crippen LogP contribution in [-0.2, 0) is 11.2 Å². The average Bonchev–Trinajstić information content (AvgIpc) is 3.28. The standard InChI is InChI=1S/C30H27NO4/c1-20-7-12-24(13-8-20)34-17-18-35-30(32)28-25-5-3-4-6-27(25)31-29-22(11-16-26(28)29)19-21-9-14-23(33-2)15-10-21/h3-10,12-15,19H,11,16-18H2,1-2H3. The van der Waals surface area contributed by atoms with Crippen LogP contribution in [0.1, 0.15) is 39.2 Å². The van der Waals surface area contributed by atoms with Crippen LogP contribution in [0.2, 0.25) is 0 Å². The highest BCUT2D eigenvalue weighted by Gasteiger charge is 2.27. The Bertz CT molecular complexity index is 1390. The van der Waals surface area contributed by atoms with Gasteiger partial charge in [-0.05, 0) is 72.9 Å². The topological polar surface area (TPSA) is 57.7 Å². The van der Waals surface area contributed by atoms with Gasteiger partial charge in [0.25, 0.3) is 0 Å². The number of rotatable bonds is 7. The van der Waals surface area contributed by atoms with Gasteiger partial charge < -0.3 is 14.2 Å². The van der Waals surface area contributed by atoms with Gasteiger partial charge >= 0.3 is 5.97 Å². The molecule has 35 heavy (non-hydrogen) atoms. The number of hydrogen-bond acceptors (Lipinski definition) is 5. The zero-order chi connectivity index (χ0) is 24.2. The van der Waals surface area contributed by atoms with E-state index in [9.17, 15) is 4.79 Å². The van der Waals surface area contributed by atoms with Gasteiger partial charge in [-0.15, -0.1) is 0 Å². The maximum absolute atomic E-state index is 13.3. The number of fused-ring (bicyclic) bond motifs is 2. The van der Waals surface area contributed by atoms with Gasteiger partial charge in [0.2, 0.25) is 0 Å². The van der Waals surface area contributed by atoms with Gasteiger partial charge in [0, 0.05) is 5.39 Å². The number of carbonyl (C=O) groups is 1. The summed E-state index contributed by atoms with van der Waals surface area (Å²) in [6, 6.07) is 23.5. The van der Waals surface area contributed by atoms with Crippen LogP contribution in [0.5, 0.6) is 11.5 Å². The van der Waals surface area contributed by atoms with E-state index in [1.54, 1.807) is 7.11 Å². The molecule has 1 heterocycles. The van der Waals surface area contributed by atoms with Crippen molar-refractivity contribution < 1.29 is 19.0 Å². The quantitative estimate of drug-likeness (QED) is 0.238. The van der Waals surface area contributed by atoms with Gasteiger partial charge in [-0.25, -0.2) is 9.78 Å². The summed E-state index contributed by atoms with van der Waals surface area (Å²) >= 11 is 0. The molecule has 0 atom stereocenters. The third-order valence-corrected chi connectivity index (χ3v) is 6.21. The molecule has 1 aliphatic carbocycles. The summed E-state index contributed by atoms with van der Waals surface area (Å²) in [7, 11) is 1.66. The second-order valence-electron chi connectivity index (χ2n) is 8.57. The maximum Gasteiger partial charge on any atom is 0.339 e. The fourth-order valence-electron chi connectivity index (χ4n) is 4.41. The fourth-order valence-corrected chi connectivity index (χ4v) is 4.41. The molecule has 5 heteroatoms. The molecule has 176 valence electrons. The number of aromatic nitrogens is 1. The lowest BCUT2D eigenvalue weighted by Crippen LogP contribution is -2.15. The third kappa shape index (κ3) is 4.90. The minimum Gasteiger partial charge on any atom is -0.497 e. The van der Waals surface area contributed by atoms with Gasteiger partial charge in [-0.3, -0.25) is 0 Å². The molecule has 4 aromatic rings. The molecule has 3 aromatic carbocycles. The van der Waals surface area contributed by atoms with Gasteiger partial charge in [-0.1, -0.05) is 48.0 Å². The van der Waals surface area contributed by atoms with E-state index in [-0.39, 0.29) is 12.6 Å². The number of nitrogens with zero attached hydrogens (tertiary/aromatic N) is 1. The van der Waals surface area contributed by atoms with Gasteiger partial charge in [0.15, 0.2) is 0 Å². The number of allylic oxidation sites excluding steroid dienone is 1. The molecule has 0 spiro atoms. The summed E-state index contributed by atoms with van der Waals surface area (Å²) in [4.78, 5) is 18.2. The van der Waals surface area contributed by atoms with E-state index in [1.807, 2.05) is 79.7 Å². The second-order valence-corrected chi connectivity index (χ2v) is 8.57. The molecule has 1 aliphatic rings. The molecule has 0 fully saturated rings. The number of hydrogen-bond donors (Lipinski definition) is 0. The SMILES string of the molecule is COc1ccc(C=C2CCc3c2nc2ccccc2c3C(=O)OCCOc2ccc(C)cc2)cc1. The zero-order valence-electron chi connectivity index (χ0n) is 19.9. The van der Waals surface area contributed by atoms with E-state index in [0.717, 1.165) is 57.6 Å². The van der Waals surface area contributed by atoms with E-state index < -0.39 is 0 Å². The molecular formula is C30H27NO4. The molecule has 0 N–H and O–H groups in total. The number of benzene rings is 3. The molecule has 5 rings (SSSR count). The lowest BCUT2D eigenvalue weighted by molar-refractivity contribution is 0.0451. The maximum atomic E-state index is 13.3. The van der Waals surface area contributed by atoms with E-state index in [4.69, 9.17) is 19.2 Å². The number of esters is 1. The molecule has 0 unspecified atom stereocenters. The minimum atomic E-state index is -0.335. The summed E-state index contributed by atoms with van der Waals surface area (Å²) in [5.74, 6) is 1.24. The molecule has 0 aliphatic heterocycles. The lowest BCUT2D eigenvalue weighted by atomic mass is 10.0. The van der Waals surface area contributed by atoms with E-state index in [1.165, 1.54) is 5.56 Å². The molecule has 0 radical (unpaired) electrons. The lowest BCUT2D eigenvalue weighted by Gasteiger charge is -2.13. The number of ether oxygens (including phenoxy) is 3. The van der Waals surface area contributed by atoms with Crippen molar-refractivity contribution in [1.29, 1.82) is 0 Å². The van der Waals surface area contributed by atoms with E-state index in [0.29, 0.717) is 12.2 Å². The van der Waals surface area contributed by atoms with Crippen molar-refractivity contribution in [2.45, 2.75) is 19.8 Å². The van der Waals surface area contributed by atoms with Crippen LogP contribution in [0.4, 0.5) is 0 Å². The summed E-state index contributed by atoms with van der Waals surface area (Å²) in [6.45, 7) is 2.50.